The predicted molar refractivity (Wildman–Crippen MR) is 64.6 cm³/mol. The number of para-hydroxylation sites is 1. The first-order valence-corrected chi connectivity index (χ1v) is 5.40. The van der Waals surface area contributed by atoms with E-state index in [0.717, 1.165) is 0 Å². The number of aromatic nitrogens is 2. The highest BCUT2D eigenvalue weighted by atomic mass is 16.5. The summed E-state index contributed by atoms with van der Waals surface area (Å²) in [5.41, 5.74) is 3.55. The summed E-state index contributed by atoms with van der Waals surface area (Å²) in [4.78, 5) is 15.7. The average molecular weight is 247 g/mol. The highest BCUT2D eigenvalue weighted by Gasteiger charge is 2.09. The van der Waals surface area contributed by atoms with Crippen LogP contribution in [0.15, 0.2) is 35.2 Å². The lowest BCUT2D eigenvalue weighted by molar-refractivity contribution is 0.0954. The first-order valence-electron chi connectivity index (χ1n) is 5.40. The Hall–Kier alpha value is -2.41. The van der Waals surface area contributed by atoms with Crippen molar-refractivity contribution in [3.63, 3.8) is 0 Å². The number of nitrogens with one attached hydrogen (secondary N) is 2. The number of carbonyl (C=O) groups excluding carboxylic acids is 1. The third-order valence-corrected chi connectivity index (χ3v) is 2.37. The molecule has 0 aliphatic rings. The number of nitrogens with zero attached hydrogens (tertiary/aromatic N) is 2. The normalized spacial score (nSPS) is 10.1. The van der Waals surface area contributed by atoms with Gasteiger partial charge in [0.05, 0.1) is 11.3 Å². The van der Waals surface area contributed by atoms with Gasteiger partial charge in [0, 0.05) is 13.0 Å². The van der Waals surface area contributed by atoms with Crippen LogP contribution >= 0.6 is 0 Å². The van der Waals surface area contributed by atoms with Crippen LogP contribution < -0.4 is 16.6 Å². The number of carbonyl (C=O) groups is 1. The molecule has 7 heteroatoms. The first-order chi connectivity index (χ1) is 8.81. The molecule has 94 valence electrons. The molecule has 1 aromatic heterocycles. The highest BCUT2D eigenvalue weighted by molar-refractivity contribution is 5.99. The van der Waals surface area contributed by atoms with Crippen LogP contribution in [0.3, 0.4) is 0 Å². The summed E-state index contributed by atoms with van der Waals surface area (Å²) in [6.45, 7) is 0.428. The molecule has 2 rings (SSSR count). The lowest BCUT2D eigenvalue weighted by atomic mass is 10.1. The van der Waals surface area contributed by atoms with Gasteiger partial charge in [0.25, 0.3) is 5.91 Å². The molecule has 0 radical (unpaired) electrons. The van der Waals surface area contributed by atoms with Crippen LogP contribution in [0.4, 0.5) is 5.69 Å². The van der Waals surface area contributed by atoms with Crippen LogP contribution in [0.1, 0.15) is 16.2 Å². The molecule has 1 amide bonds. The van der Waals surface area contributed by atoms with Gasteiger partial charge in [-0.05, 0) is 12.1 Å². The van der Waals surface area contributed by atoms with Crippen molar-refractivity contribution in [2.75, 3.05) is 12.0 Å². The van der Waals surface area contributed by atoms with Crippen LogP contribution in [0.5, 0.6) is 0 Å². The Morgan fingerprint density at radius 2 is 2.22 bits per heavy atom. The minimum absolute atomic E-state index is 0.202. The standard InChI is InChI=1S/C11H13N5O2/c12-15-9-4-2-1-3-8(9)11(17)13-6-5-10-14-7-18-16-10/h1-4,7,15H,5-6,12H2,(H,13,17). The maximum absolute atomic E-state index is 11.9. The fraction of sp³-hybridized carbons (Fsp3) is 0.182. The summed E-state index contributed by atoms with van der Waals surface area (Å²) in [6, 6.07) is 6.99. The van der Waals surface area contributed by atoms with Crippen molar-refractivity contribution in [1.82, 2.24) is 15.5 Å². The van der Waals surface area contributed by atoms with Gasteiger partial charge in [0.15, 0.2) is 5.82 Å². The Kier molecular flexibility index (Phi) is 3.87. The van der Waals surface area contributed by atoms with E-state index in [-0.39, 0.29) is 5.91 Å². The van der Waals surface area contributed by atoms with Gasteiger partial charge < -0.3 is 15.3 Å². The van der Waals surface area contributed by atoms with Crippen molar-refractivity contribution in [3.05, 3.63) is 42.0 Å². The highest BCUT2D eigenvalue weighted by Crippen LogP contribution is 2.12. The predicted octanol–water partition coefficient (Wildman–Crippen LogP) is 0.328. The van der Waals surface area contributed by atoms with Gasteiger partial charge in [-0.3, -0.25) is 10.6 Å². The van der Waals surface area contributed by atoms with Crippen molar-refractivity contribution in [1.29, 1.82) is 0 Å². The van der Waals surface area contributed by atoms with E-state index in [2.05, 4.69) is 25.4 Å². The van der Waals surface area contributed by atoms with E-state index in [1.165, 1.54) is 6.39 Å². The fourth-order valence-corrected chi connectivity index (χ4v) is 1.49. The second kappa shape index (κ2) is 5.78. The molecule has 0 saturated heterocycles. The van der Waals surface area contributed by atoms with E-state index in [9.17, 15) is 4.79 Å². The summed E-state index contributed by atoms with van der Waals surface area (Å²) >= 11 is 0. The molecule has 2 aromatic rings. The molecule has 18 heavy (non-hydrogen) atoms. The molecule has 0 saturated carbocycles. The minimum Gasteiger partial charge on any atom is -0.352 e. The summed E-state index contributed by atoms with van der Waals surface area (Å²) in [5, 5.41) is 6.41. The molecule has 7 nitrogen and oxygen atoms in total. The maximum atomic E-state index is 11.9. The number of rotatable bonds is 5. The number of nitrogens with two attached hydrogens (primary N) is 1. The summed E-state index contributed by atoms with van der Waals surface area (Å²) in [6.07, 6.45) is 1.77. The topological polar surface area (TPSA) is 106 Å². The molecule has 0 spiro atoms. The number of hydrogen-bond donors (Lipinski definition) is 3. The summed E-state index contributed by atoms with van der Waals surface area (Å²) in [7, 11) is 0. The second-order valence-electron chi connectivity index (χ2n) is 3.54. The third kappa shape index (κ3) is 2.83. The van der Waals surface area contributed by atoms with E-state index >= 15 is 0 Å². The first kappa shape index (κ1) is 12.1. The van der Waals surface area contributed by atoms with Crippen LogP contribution in [0, 0.1) is 0 Å². The molecule has 0 unspecified atom stereocenters. The molecule has 0 bridgehead atoms. The summed E-state index contributed by atoms with van der Waals surface area (Å²) in [5.74, 6) is 5.69. The van der Waals surface area contributed by atoms with E-state index in [1.54, 1.807) is 24.3 Å². The van der Waals surface area contributed by atoms with Gasteiger partial charge in [-0.1, -0.05) is 17.3 Å². The Morgan fingerprint density at radius 1 is 1.39 bits per heavy atom. The van der Waals surface area contributed by atoms with E-state index in [0.29, 0.717) is 30.0 Å². The lowest BCUT2D eigenvalue weighted by Crippen LogP contribution is -2.27. The van der Waals surface area contributed by atoms with Crippen LogP contribution in [-0.2, 0) is 6.42 Å². The van der Waals surface area contributed by atoms with Crippen molar-refractivity contribution in [2.45, 2.75) is 6.42 Å². The molecule has 0 fully saturated rings. The Bertz CT molecular complexity index is 512. The smallest absolute Gasteiger partial charge is 0.253 e. The van der Waals surface area contributed by atoms with Crippen molar-refractivity contribution in [2.24, 2.45) is 5.84 Å². The zero-order valence-electron chi connectivity index (χ0n) is 9.59. The Balaban J connectivity index is 1.91. The zero-order valence-corrected chi connectivity index (χ0v) is 9.59. The van der Waals surface area contributed by atoms with Gasteiger partial charge in [0.1, 0.15) is 0 Å². The molecule has 4 N–H and O–H groups in total. The Labute approximate surface area is 103 Å². The third-order valence-electron chi connectivity index (χ3n) is 2.37. The van der Waals surface area contributed by atoms with Crippen LogP contribution in [0.25, 0.3) is 0 Å². The number of nitrogen functional groups attached to an aromatic ring is 1. The van der Waals surface area contributed by atoms with E-state index in [4.69, 9.17) is 5.84 Å². The SMILES string of the molecule is NNc1ccccc1C(=O)NCCc1ncon1. The van der Waals surface area contributed by atoms with Gasteiger partial charge in [-0.25, -0.2) is 0 Å². The van der Waals surface area contributed by atoms with Gasteiger partial charge in [-0.15, -0.1) is 0 Å². The largest absolute Gasteiger partial charge is 0.352 e. The monoisotopic (exact) mass is 247 g/mol. The second-order valence-corrected chi connectivity index (χ2v) is 3.54. The fourth-order valence-electron chi connectivity index (χ4n) is 1.49. The van der Waals surface area contributed by atoms with Gasteiger partial charge in [-0.2, -0.15) is 4.98 Å². The lowest BCUT2D eigenvalue weighted by Gasteiger charge is -2.08. The molecule has 1 heterocycles. The van der Waals surface area contributed by atoms with Crippen molar-refractivity contribution >= 4 is 11.6 Å². The molecule has 0 aliphatic carbocycles. The van der Waals surface area contributed by atoms with E-state index < -0.39 is 0 Å². The minimum atomic E-state index is -0.202. The maximum Gasteiger partial charge on any atom is 0.253 e. The van der Waals surface area contributed by atoms with Crippen molar-refractivity contribution < 1.29 is 9.32 Å². The Morgan fingerprint density at radius 3 is 2.94 bits per heavy atom. The van der Waals surface area contributed by atoms with Crippen molar-refractivity contribution in [3.8, 4) is 0 Å². The number of amides is 1. The molecular formula is C11H13N5O2. The van der Waals surface area contributed by atoms with Gasteiger partial charge in [0.2, 0.25) is 6.39 Å². The molecule has 1 aromatic carbocycles. The molecule has 0 atom stereocenters. The number of benzene rings is 1. The quantitative estimate of drug-likeness (QED) is 0.519. The average Bonchev–Trinajstić information content (AvgIpc) is 2.91. The number of anilines is 1. The number of hydrazine groups is 1. The van der Waals surface area contributed by atoms with Crippen LogP contribution in [0.2, 0.25) is 0 Å². The number of hydrogen-bond acceptors (Lipinski definition) is 6. The summed E-state index contributed by atoms with van der Waals surface area (Å²) < 4.78 is 4.59. The zero-order chi connectivity index (χ0) is 12.8. The van der Waals surface area contributed by atoms with Gasteiger partial charge >= 0.3 is 0 Å². The van der Waals surface area contributed by atoms with Crippen LogP contribution in [-0.4, -0.2) is 22.6 Å². The molecular weight excluding hydrogens is 234 g/mol. The van der Waals surface area contributed by atoms with E-state index in [1.807, 2.05) is 0 Å². The molecule has 0 aliphatic heterocycles.